The SMILES string of the molecule is NCc1cn(Cc2nnc(-c3ccc(Br)s3)o2)nn1. The molecule has 0 aliphatic carbocycles. The van der Waals surface area contributed by atoms with E-state index in [1.165, 1.54) is 11.3 Å². The lowest BCUT2D eigenvalue weighted by Crippen LogP contribution is -2.00. The summed E-state index contributed by atoms with van der Waals surface area (Å²) in [5.74, 6) is 0.984. The largest absolute Gasteiger partial charge is 0.418 e. The Morgan fingerprint density at radius 3 is 2.89 bits per heavy atom. The molecule has 0 spiro atoms. The second-order valence-electron chi connectivity index (χ2n) is 3.72. The first kappa shape index (κ1) is 12.5. The Balaban J connectivity index is 1.78. The fourth-order valence-corrected chi connectivity index (χ4v) is 2.80. The highest BCUT2D eigenvalue weighted by Crippen LogP contribution is 2.30. The molecule has 7 nitrogen and oxygen atoms in total. The molecule has 0 aliphatic rings. The molecular formula is C10H9BrN6OS. The standard InChI is InChI=1S/C10H9BrN6OS/c11-8-2-1-7(19-8)10-15-14-9(18-10)5-17-4-6(3-12)13-16-17/h1-2,4H,3,5,12H2. The van der Waals surface area contributed by atoms with Gasteiger partial charge in [-0.2, -0.15) is 0 Å². The summed E-state index contributed by atoms with van der Waals surface area (Å²) in [6.07, 6.45) is 1.76. The number of nitrogens with zero attached hydrogens (tertiary/aromatic N) is 5. The normalized spacial score (nSPS) is 11.1. The summed E-state index contributed by atoms with van der Waals surface area (Å²) in [4.78, 5) is 0.923. The van der Waals surface area contributed by atoms with Gasteiger partial charge in [0.05, 0.1) is 20.6 Å². The molecule has 0 bridgehead atoms. The van der Waals surface area contributed by atoms with E-state index in [0.29, 0.717) is 24.9 Å². The van der Waals surface area contributed by atoms with Gasteiger partial charge in [0.15, 0.2) is 0 Å². The van der Waals surface area contributed by atoms with E-state index in [-0.39, 0.29) is 0 Å². The molecule has 9 heteroatoms. The number of hydrogen-bond donors (Lipinski definition) is 1. The van der Waals surface area contributed by atoms with Crippen molar-refractivity contribution >= 4 is 27.3 Å². The van der Waals surface area contributed by atoms with Crippen LogP contribution in [0.15, 0.2) is 26.5 Å². The number of aromatic nitrogens is 5. The van der Waals surface area contributed by atoms with E-state index in [1.807, 2.05) is 12.1 Å². The molecular weight excluding hydrogens is 332 g/mol. The van der Waals surface area contributed by atoms with Gasteiger partial charge in [0, 0.05) is 6.54 Å². The molecule has 0 atom stereocenters. The fourth-order valence-electron chi connectivity index (χ4n) is 1.49. The number of thiophene rings is 1. The first-order valence-corrected chi connectivity index (χ1v) is 7.02. The zero-order valence-corrected chi connectivity index (χ0v) is 12.1. The van der Waals surface area contributed by atoms with Crippen molar-refractivity contribution in [1.29, 1.82) is 0 Å². The quantitative estimate of drug-likeness (QED) is 0.775. The number of hydrogen-bond acceptors (Lipinski definition) is 7. The lowest BCUT2D eigenvalue weighted by molar-refractivity contribution is 0.470. The molecule has 3 aromatic heterocycles. The van der Waals surface area contributed by atoms with Crippen molar-refractivity contribution in [2.45, 2.75) is 13.1 Å². The molecule has 3 heterocycles. The van der Waals surface area contributed by atoms with E-state index >= 15 is 0 Å². The predicted octanol–water partition coefficient (Wildman–Crippen LogP) is 1.66. The molecule has 0 amide bonds. The summed E-state index contributed by atoms with van der Waals surface area (Å²) in [6.45, 7) is 0.741. The van der Waals surface area contributed by atoms with E-state index < -0.39 is 0 Å². The fraction of sp³-hybridized carbons (Fsp3) is 0.200. The average molecular weight is 341 g/mol. The summed E-state index contributed by atoms with van der Waals surface area (Å²) in [6, 6.07) is 3.86. The van der Waals surface area contributed by atoms with Crippen LogP contribution in [-0.4, -0.2) is 25.2 Å². The maximum Gasteiger partial charge on any atom is 0.257 e. The molecule has 98 valence electrons. The molecule has 19 heavy (non-hydrogen) atoms. The summed E-state index contributed by atoms with van der Waals surface area (Å²) >= 11 is 4.93. The molecule has 3 aromatic rings. The molecule has 0 unspecified atom stereocenters. The van der Waals surface area contributed by atoms with Gasteiger partial charge in [-0.15, -0.1) is 26.6 Å². The van der Waals surface area contributed by atoms with E-state index in [0.717, 1.165) is 14.4 Å². The molecule has 0 saturated carbocycles. The maximum absolute atomic E-state index is 5.58. The van der Waals surface area contributed by atoms with Crippen molar-refractivity contribution in [1.82, 2.24) is 25.2 Å². The van der Waals surface area contributed by atoms with Gasteiger partial charge in [0.1, 0.15) is 6.54 Å². The number of nitrogens with two attached hydrogens (primary N) is 1. The maximum atomic E-state index is 5.58. The molecule has 0 aliphatic heterocycles. The lowest BCUT2D eigenvalue weighted by atomic mass is 10.5. The van der Waals surface area contributed by atoms with Crippen molar-refractivity contribution in [3.05, 3.63) is 33.7 Å². The van der Waals surface area contributed by atoms with Crippen molar-refractivity contribution in [2.75, 3.05) is 0 Å². The Hall–Kier alpha value is -1.58. The van der Waals surface area contributed by atoms with Crippen LogP contribution in [0.2, 0.25) is 0 Å². The van der Waals surface area contributed by atoms with Crippen LogP contribution in [0.1, 0.15) is 11.6 Å². The first-order valence-electron chi connectivity index (χ1n) is 5.42. The zero-order valence-electron chi connectivity index (χ0n) is 9.65. The van der Waals surface area contributed by atoms with Crippen LogP contribution in [0.25, 0.3) is 10.8 Å². The molecule has 3 rings (SSSR count). The number of halogens is 1. The second-order valence-corrected chi connectivity index (χ2v) is 6.18. The van der Waals surface area contributed by atoms with Crippen LogP contribution < -0.4 is 5.73 Å². The second kappa shape index (κ2) is 5.19. The topological polar surface area (TPSA) is 95.7 Å². The Bertz CT molecular complexity index is 690. The van der Waals surface area contributed by atoms with E-state index in [2.05, 4.69) is 36.4 Å². The average Bonchev–Trinajstić information content (AvgIpc) is 3.10. The van der Waals surface area contributed by atoms with Crippen LogP contribution in [0.5, 0.6) is 0 Å². The third-order valence-corrected chi connectivity index (χ3v) is 3.95. The highest BCUT2D eigenvalue weighted by molar-refractivity contribution is 9.11. The van der Waals surface area contributed by atoms with Gasteiger partial charge in [-0.05, 0) is 28.1 Å². The minimum Gasteiger partial charge on any atom is -0.418 e. The van der Waals surface area contributed by atoms with Gasteiger partial charge in [-0.1, -0.05) is 5.21 Å². The third-order valence-electron chi connectivity index (χ3n) is 2.34. The number of rotatable bonds is 4. The van der Waals surface area contributed by atoms with Crippen molar-refractivity contribution < 1.29 is 4.42 Å². The van der Waals surface area contributed by atoms with E-state index in [1.54, 1.807) is 10.9 Å². The molecule has 0 fully saturated rings. The Kier molecular flexibility index (Phi) is 3.40. The third kappa shape index (κ3) is 2.72. The monoisotopic (exact) mass is 340 g/mol. The minimum absolute atomic E-state index is 0.359. The van der Waals surface area contributed by atoms with Gasteiger partial charge in [-0.3, -0.25) is 0 Å². The van der Waals surface area contributed by atoms with Crippen LogP contribution in [0.4, 0.5) is 0 Å². The van der Waals surface area contributed by atoms with Gasteiger partial charge in [-0.25, -0.2) is 4.68 Å². The highest BCUT2D eigenvalue weighted by atomic mass is 79.9. The van der Waals surface area contributed by atoms with Crippen LogP contribution in [-0.2, 0) is 13.1 Å². The summed E-state index contributed by atoms with van der Waals surface area (Å²) in [5, 5.41) is 15.8. The van der Waals surface area contributed by atoms with Gasteiger partial charge in [0.25, 0.3) is 5.89 Å². The van der Waals surface area contributed by atoms with Crippen molar-refractivity contribution in [3.63, 3.8) is 0 Å². The van der Waals surface area contributed by atoms with E-state index in [4.69, 9.17) is 10.2 Å². The Labute approximate surface area is 120 Å². The van der Waals surface area contributed by atoms with Crippen LogP contribution in [0, 0.1) is 0 Å². The van der Waals surface area contributed by atoms with Crippen LogP contribution >= 0.6 is 27.3 Å². The van der Waals surface area contributed by atoms with Gasteiger partial charge >= 0.3 is 0 Å². The molecule has 2 N–H and O–H groups in total. The minimum atomic E-state index is 0.359. The highest BCUT2D eigenvalue weighted by Gasteiger charge is 2.11. The first-order chi connectivity index (χ1) is 9.24. The van der Waals surface area contributed by atoms with E-state index in [9.17, 15) is 0 Å². The molecule has 0 saturated heterocycles. The summed E-state index contributed by atoms with van der Waals surface area (Å²) < 4.78 is 8.21. The summed E-state index contributed by atoms with van der Waals surface area (Å²) in [7, 11) is 0. The smallest absolute Gasteiger partial charge is 0.257 e. The van der Waals surface area contributed by atoms with Crippen molar-refractivity contribution in [3.8, 4) is 10.8 Å². The Morgan fingerprint density at radius 2 is 2.21 bits per heavy atom. The zero-order chi connectivity index (χ0) is 13.2. The van der Waals surface area contributed by atoms with Crippen LogP contribution in [0.3, 0.4) is 0 Å². The molecule has 0 aromatic carbocycles. The molecule has 0 radical (unpaired) electrons. The van der Waals surface area contributed by atoms with Gasteiger partial charge < -0.3 is 10.2 Å². The predicted molar refractivity (Wildman–Crippen MR) is 72.3 cm³/mol. The summed E-state index contributed by atoms with van der Waals surface area (Å²) in [5.41, 5.74) is 6.19. The lowest BCUT2D eigenvalue weighted by Gasteiger charge is -1.92. The van der Waals surface area contributed by atoms with Gasteiger partial charge in [0.2, 0.25) is 5.89 Å². The van der Waals surface area contributed by atoms with Crippen molar-refractivity contribution in [2.24, 2.45) is 5.73 Å². The Morgan fingerprint density at radius 1 is 1.32 bits per heavy atom.